The van der Waals surface area contributed by atoms with E-state index in [0.717, 1.165) is 28.8 Å². The normalized spacial score (nSPS) is 11.8. The molecule has 8 aromatic rings. The van der Waals surface area contributed by atoms with Gasteiger partial charge in [-0.15, -0.1) is 10.2 Å². The number of aromatic carboxylic acids is 2. The van der Waals surface area contributed by atoms with Gasteiger partial charge in [0.2, 0.25) is 0 Å². The Bertz CT molecular complexity index is 4260. The van der Waals surface area contributed by atoms with Crippen LogP contribution in [0.2, 0.25) is 0 Å². The number of carboxylic acid groups (broad SMARTS) is 2. The van der Waals surface area contributed by atoms with Crippen molar-refractivity contribution in [2.45, 2.75) is 36.7 Å². The van der Waals surface area contributed by atoms with Crippen LogP contribution in [0, 0.1) is 0 Å². The molecule has 0 aliphatic heterocycles. The SMILES string of the molecule is CCN(Cc1cccc(S(=O)(=O)[O-])c1)c1ccc(C(=C2C=CC(=O)C=C2S(=O)(=O)[O-])c2ccc(N(CC)Cc3cccc(S(=O)(=O)[O-])c3)cc2)cc1.CN(C)c1ccc(N=Nc2ccccc2C(=O)O)cc1.CN(C)c1ccc(N=Nc2ccccc2C(=O)[O-])cc1.[Na+].[Na+].[Na+].[Na+]. The van der Waals surface area contributed by atoms with Crippen LogP contribution in [0.25, 0.3) is 5.57 Å². The largest absolute Gasteiger partial charge is 1.00 e. The molecule has 0 radical (unpaired) electrons. The van der Waals surface area contributed by atoms with Crippen LogP contribution in [-0.4, -0.2) is 103 Å². The van der Waals surface area contributed by atoms with E-state index >= 15 is 0 Å². The number of carbonyl (C=O) groups is 3. The first-order valence-corrected chi connectivity index (χ1v) is 32.3. The van der Waals surface area contributed by atoms with E-state index < -0.39 is 53.0 Å². The number of allylic oxidation sites excluding steroid dienone is 4. The molecule has 96 heavy (non-hydrogen) atoms. The molecule has 0 bridgehead atoms. The van der Waals surface area contributed by atoms with Crippen molar-refractivity contribution in [2.24, 2.45) is 20.5 Å². The van der Waals surface area contributed by atoms with Crippen LogP contribution in [0.5, 0.6) is 0 Å². The molecule has 476 valence electrons. The molecule has 1 aliphatic rings. The Morgan fingerprint density at radius 1 is 0.458 bits per heavy atom. The zero-order valence-corrected chi connectivity index (χ0v) is 65.0. The van der Waals surface area contributed by atoms with Crippen LogP contribution < -0.4 is 143 Å². The zero-order valence-electron chi connectivity index (χ0n) is 54.6. The van der Waals surface area contributed by atoms with Crippen molar-refractivity contribution in [3.63, 3.8) is 0 Å². The van der Waals surface area contributed by atoms with Crippen molar-refractivity contribution in [1.29, 1.82) is 0 Å². The Balaban J connectivity index is 0.000000447. The van der Waals surface area contributed by atoms with E-state index in [-0.39, 0.29) is 163 Å². The molecule has 29 heteroatoms. The summed E-state index contributed by atoms with van der Waals surface area (Å²) in [6, 6.07) is 53.5. The number of anilines is 4. The van der Waals surface area contributed by atoms with Crippen molar-refractivity contribution in [3.8, 4) is 0 Å². The van der Waals surface area contributed by atoms with E-state index in [9.17, 15) is 58.4 Å². The summed E-state index contributed by atoms with van der Waals surface area (Å²) in [6.07, 6.45) is 3.27. The van der Waals surface area contributed by atoms with E-state index in [1.807, 2.05) is 110 Å². The minimum absolute atomic E-state index is 0. The molecule has 0 heterocycles. The summed E-state index contributed by atoms with van der Waals surface area (Å²) in [7, 11) is -6.54. The summed E-state index contributed by atoms with van der Waals surface area (Å²) in [4.78, 5) is 40.7. The molecule has 9 rings (SSSR count). The third-order valence-corrected chi connectivity index (χ3v) is 16.5. The predicted octanol–water partition coefficient (Wildman–Crippen LogP) is -0.669. The maximum Gasteiger partial charge on any atom is 1.00 e. The third kappa shape index (κ3) is 24.3. The first kappa shape index (κ1) is 83.9. The number of azo groups is 2. The van der Waals surface area contributed by atoms with E-state index in [1.54, 1.807) is 97.1 Å². The number of hydrogen-bond acceptors (Lipinski definition) is 21. The zero-order chi connectivity index (χ0) is 66.9. The number of rotatable bonds is 21. The quantitative estimate of drug-likeness (QED) is 0.0530. The maximum absolute atomic E-state index is 12.4. The van der Waals surface area contributed by atoms with Gasteiger partial charge in [0.15, 0.2) is 5.78 Å². The summed E-state index contributed by atoms with van der Waals surface area (Å²) >= 11 is 0. The van der Waals surface area contributed by atoms with Gasteiger partial charge >= 0.3 is 124 Å². The van der Waals surface area contributed by atoms with Gasteiger partial charge in [-0.25, -0.2) is 30.0 Å². The van der Waals surface area contributed by atoms with Gasteiger partial charge in [-0.05, 0) is 169 Å². The first-order chi connectivity index (χ1) is 43.6. The standard InChI is InChI=1S/C37H36N2O10S3.2C15H15N3O2.4Na/c1-3-38(24-26-7-5-9-33(21-26)50(41,42)43)30-15-11-28(12-16-30)37(35-20-19-32(40)23-36(35)52(47,48)49)29-13-17-31(18-14-29)39(4-2)25-27-8-6-10-34(22-27)51(44,45)46;2*1-18(2)12-9-7-11(8-10-12)16-17-14-6-4-3-5-13(14)15(19)20;;;;/h5-23H,3-4,24-25H2,1-2H3,(H,41,42,43)(H,44,45,46)(H,47,48,49);2*3-10H,1-2H3,(H,19,20);;;;/q;;;4*+1/p-4. The average Bonchev–Trinajstić information content (AvgIpc) is 0.778. The summed E-state index contributed by atoms with van der Waals surface area (Å²) in [6.45, 7) is 5.40. The molecular formula is C67H62N8Na4O14S3. The topological polar surface area (TPSA) is 329 Å². The van der Waals surface area contributed by atoms with Gasteiger partial charge < -0.3 is 48.3 Å². The Morgan fingerprint density at radius 2 is 0.833 bits per heavy atom. The third-order valence-electron chi connectivity index (χ3n) is 14.0. The molecule has 0 atom stereocenters. The number of hydrogen-bond donors (Lipinski definition) is 1. The monoisotopic (exact) mass is 1390 g/mol. The number of carbonyl (C=O) groups excluding carboxylic acids is 2. The van der Waals surface area contributed by atoms with Crippen molar-refractivity contribution in [1.82, 2.24) is 0 Å². The predicted molar refractivity (Wildman–Crippen MR) is 347 cm³/mol. The van der Waals surface area contributed by atoms with Crippen molar-refractivity contribution in [2.75, 3.05) is 60.9 Å². The van der Waals surface area contributed by atoms with Gasteiger partial charge in [0.1, 0.15) is 36.0 Å². The Kier molecular flexibility index (Phi) is 33.9. The van der Waals surface area contributed by atoms with E-state index in [4.69, 9.17) is 5.11 Å². The van der Waals surface area contributed by atoms with Crippen LogP contribution in [0.3, 0.4) is 0 Å². The van der Waals surface area contributed by atoms with Crippen LogP contribution >= 0.6 is 0 Å². The molecule has 0 saturated heterocycles. The van der Waals surface area contributed by atoms with E-state index in [0.29, 0.717) is 58.0 Å². The molecule has 1 aliphatic carbocycles. The summed E-state index contributed by atoms with van der Waals surface area (Å²) in [5, 5.41) is 36.1. The van der Waals surface area contributed by atoms with Crippen LogP contribution in [0.1, 0.15) is 56.8 Å². The van der Waals surface area contributed by atoms with Crippen LogP contribution in [0.4, 0.5) is 45.5 Å². The average molecular weight is 1390 g/mol. The fourth-order valence-corrected chi connectivity index (χ4v) is 11.0. The number of benzene rings is 8. The number of nitrogens with zero attached hydrogens (tertiary/aromatic N) is 8. The molecule has 0 unspecified atom stereocenters. The molecule has 0 spiro atoms. The minimum Gasteiger partial charge on any atom is -0.744 e. The summed E-state index contributed by atoms with van der Waals surface area (Å²) < 4.78 is 107. The van der Waals surface area contributed by atoms with E-state index in [2.05, 4.69) is 20.5 Å². The second kappa shape index (κ2) is 38.8. The summed E-state index contributed by atoms with van der Waals surface area (Å²) in [5.74, 6) is -2.92. The van der Waals surface area contributed by atoms with Gasteiger partial charge in [0.05, 0.1) is 43.3 Å². The summed E-state index contributed by atoms with van der Waals surface area (Å²) in [5.41, 5.74) is 8.35. The van der Waals surface area contributed by atoms with Gasteiger partial charge in [-0.1, -0.05) is 78.9 Å². The van der Waals surface area contributed by atoms with Gasteiger partial charge in [0, 0.05) is 94.3 Å². The number of carboxylic acids is 2. The van der Waals surface area contributed by atoms with Gasteiger partial charge in [-0.3, -0.25) is 4.79 Å². The number of ketones is 1. The minimum atomic E-state index is -5.08. The molecule has 1 N–H and O–H groups in total. The van der Waals surface area contributed by atoms with Crippen molar-refractivity contribution in [3.05, 3.63) is 256 Å². The Morgan fingerprint density at radius 3 is 1.19 bits per heavy atom. The van der Waals surface area contributed by atoms with E-state index in [1.165, 1.54) is 60.7 Å². The Labute approximate surface area is 647 Å². The van der Waals surface area contributed by atoms with Crippen molar-refractivity contribution < 1.29 is 182 Å². The van der Waals surface area contributed by atoms with Crippen LogP contribution in [0.15, 0.2) is 253 Å². The van der Waals surface area contributed by atoms with Crippen molar-refractivity contribution >= 4 is 99.1 Å². The molecule has 0 amide bonds. The molecule has 0 saturated carbocycles. The van der Waals surface area contributed by atoms with Crippen LogP contribution in [-0.2, 0) is 48.2 Å². The molecule has 22 nitrogen and oxygen atoms in total. The molecule has 0 aromatic heterocycles. The smallest absolute Gasteiger partial charge is 0.744 e. The first-order valence-electron chi connectivity index (χ1n) is 28.1. The van der Waals surface area contributed by atoms with Gasteiger partial charge in [-0.2, -0.15) is 10.2 Å². The fourth-order valence-electron chi connectivity index (χ4n) is 9.22. The maximum atomic E-state index is 12.4. The Hall–Kier alpha value is -6.28. The second-order valence-electron chi connectivity index (χ2n) is 20.7. The molecular weight excluding hydrogens is 1330 g/mol. The fraction of sp³-hybridized carbons (Fsp3) is 0.149. The molecule has 8 aromatic carbocycles. The van der Waals surface area contributed by atoms with Gasteiger partial charge in [0.25, 0.3) is 0 Å². The second-order valence-corrected chi connectivity index (χ2v) is 24.8. The molecule has 0 fully saturated rings.